The van der Waals surface area contributed by atoms with Gasteiger partial charge in [-0.25, -0.2) is 8.91 Å². The molecule has 0 radical (unpaired) electrons. The smallest absolute Gasteiger partial charge is 0.166 e. The normalized spacial score (nSPS) is 18.6. The van der Waals surface area contributed by atoms with Gasteiger partial charge in [-0.3, -0.25) is 4.79 Å². The molecule has 0 bridgehead atoms. The maximum atomic E-state index is 13.6. The Bertz CT molecular complexity index is 1020. The summed E-state index contributed by atoms with van der Waals surface area (Å²) in [6.45, 7) is 1.61. The van der Waals surface area contributed by atoms with Crippen LogP contribution in [0.5, 0.6) is 5.75 Å². The average molecular weight is 396 g/mol. The van der Waals surface area contributed by atoms with E-state index in [1.54, 1.807) is 29.8 Å². The fourth-order valence-electron chi connectivity index (χ4n) is 3.99. The van der Waals surface area contributed by atoms with Crippen molar-refractivity contribution >= 4 is 11.3 Å². The van der Waals surface area contributed by atoms with Crippen molar-refractivity contribution in [1.29, 1.82) is 0 Å². The zero-order valence-corrected chi connectivity index (χ0v) is 16.5. The first kappa shape index (κ1) is 19.6. The van der Waals surface area contributed by atoms with Crippen molar-refractivity contribution in [1.82, 2.24) is 9.61 Å². The van der Waals surface area contributed by atoms with Gasteiger partial charge < -0.3 is 9.84 Å². The van der Waals surface area contributed by atoms with Crippen LogP contribution in [0.1, 0.15) is 53.7 Å². The molecule has 0 atom stereocenters. The third-order valence-electron chi connectivity index (χ3n) is 5.80. The lowest BCUT2D eigenvalue weighted by Gasteiger charge is -2.35. The maximum absolute atomic E-state index is 13.6. The number of hydrogen-bond donors (Lipinski definition) is 1. The number of nitrogens with zero attached hydrogens (tertiary/aromatic N) is 2. The Labute approximate surface area is 169 Å². The molecule has 3 aromatic rings. The van der Waals surface area contributed by atoms with E-state index in [-0.39, 0.29) is 24.3 Å². The number of ether oxygens (including phenoxy) is 1. The van der Waals surface area contributed by atoms with E-state index in [9.17, 15) is 14.3 Å². The molecule has 2 aromatic heterocycles. The van der Waals surface area contributed by atoms with Crippen LogP contribution in [-0.4, -0.2) is 26.6 Å². The number of halogens is 1. The number of carbonyl (C=O) groups excluding carboxylic acids is 1. The topological polar surface area (TPSA) is 63.8 Å². The summed E-state index contributed by atoms with van der Waals surface area (Å²) >= 11 is 0. The molecule has 0 unspecified atom stereocenters. The summed E-state index contributed by atoms with van der Waals surface area (Å²) in [7, 11) is 0. The summed E-state index contributed by atoms with van der Waals surface area (Å²) in [5, 5.41) is 13.6. The minimum absolute atomic E-state index is 0.0811. The van der Waals surface area contributed by atoms with Gasteiger partial charge in [0.15, 0.2) is 5.78 Å². The standard InChI is InChI=1S/C23H25FN2O3/c1-15-20(24)7-4-10-23(15)29-18-11-16(12-18)5-2-9-22(28)19-13-25-26-17(14-27)6-3-8-21(19)26/h3-4,6-8,10,13,16,18,27H,2,5,9,11-12,14H2,1H3. The number of rotatable bonds is 8. The summed E-state index contributed by atoms with van der Waals surface area (Å²) < 4.78 is 21.1. The zero-order chi connectivity index (χ0) is 20.4. The Hall–Kier alpha value is -2.73. The second-order valence-corrected chi connectivity index (χ2v) is 7.79. The summed E-state index contributed by atoms with van der Waals surface area (Å²) in [6, 6.07) is 10.4. The number of fused-ring (bicyclic) bond motifs is 1. The number of aromatic nitrogens is 2. The van der Waals surface area contributed by atoms with Gasteiger partial charge in [0.1, 0.15) is 11.6 Å². The average Bonchev–Trinajstić information content (AvgIpc) is 3.13. The molecule has 1 aliphatic rings. The summed E-state index contributed by atoms with van der Waals surface area (Å²) in [4.78, 5) is 12.6. The van der Waals surface area contributed by atoms with Gasteiger partial charge in [-0.15, -0.1) is 0 Å². The fraction of sp³-hybridized carbons (Fsp3) is 0.391. The van der Waals surface area contributed by atoms with Gasteiger partial charge in [-0.2, -0.15) is 5.10 Å². The highest BCUT2D eigenvalue weighted by Gasteiger charge is 2.31. The monoisotopic (exact) mass is 396 g/mol. The van der Waals surface area contributed by atoms with Crippen molar-refractivity contribution < 1.29 is 19.0 Å². The number of benzene rings is 1. The number of hydrogen-bond acceptors (Lipinski definition) is 4. The van der Waals surface area contributed by atoms with Gasteiger partial charge in [0.2, 0.25) is 0 Å². The van der Waals surface area contributed by atoms with E-state index in [0.717, 1.165) is 31.2 Å². The van der Waals surface area contributed by atoms with Gasteiger partial charge in [0, 0.05) is 12.0 Å². The van der Waals surface area contributed by atoms with Crippen LogP contribution in [0.15, 0.2) is 42.6 Å². The van der Waals surface area contributed by atoms with E-state index in [1.165, 1.54) is 6.07 Å². The second-order valence-electron chi connectivity index (χ2n) is 7.79. The number of aliphatic hydroxyl groups excluding tert-OH is 1. The lowest BCUT2D eigenvalue weighted by molar-refractivity contribution is 0.0582. The predicted molar refractivity (Wildman–Crippen MR) is 108 cm³/mol. The first-order valence-electron chi connectivity index (χ1n) is 10.1. The second kappa shape index (κ2) is 8.33. The molecule has 0 amide bonds. The lowest BCUT2D eigenvalue weighted by Crippen LogP contribution is -2.34. The van der Waals surface area contributed by atoms with Gasteiger partial charge in [0.25, 0.3) is 0 Å². The molecule has 5 nitrogen and oxygen atoms in total. The van der Waals surface area contributed by atoms with Crippen LogP contribution >= 0.6 is 0 Å². The number of pyridine rings is 1. The van der Waals surface area contributed by atoms with Crippen molar-refractivity contribution in [3.8, 4) is 5.75 Å². The molecular formula is C23H25FN2O3. The van der Waals surface area contributed by atoms with E-state index in [2.05, 4.69) is 5.10 Å². The van der Waals surface area contributed by atoms with Crippen LogP contribution in [0, 0.1) is 18.7 Å². The Morgan fingerprint density at radius 3 is 2.86 bits per heavy atom. The Morgan fingerprint density at radius 2 is 2.07 bits per heavy atom. The molecule has 29 heavy (non-hydrogen) atoms. The van der Waals surface area contributed by atoms with E-state index in [0.29, 0.717) is 34.9 Å². The van der Waals surface area contributed by atoms with Crippen molar-refractivity contribution in [2.75, 3.05) is 0 Å². The minimum Gasteiger partial charge on any atom is -0.490 e. The largest absolute Gasteiger partial charge is 0.490 e. The number of Topliss-reactive ketones (excluding diaryl/α,β-unsaturated/α-hetero) is 1. The van der Waals surface area contributed by atoms with Crippen molar-refractivity contribution in [3.05, 3.63) is 65.2 Å². The highest BCUT2D eigenvalue weighted by atomic mass is 19.1. The van der Waals surface area contributed by atoms with Gasteiger partial charge in [0.05, 0.1) is 35.7 Å². The first-order chi connectivity index (χ1) is 14.1. The van der Waals surface area contributed by atoms with Gasteiger partial charge in [-0.05, 0) is 62.8 Å². The van der Waals surface area contributed by atoms with Gasteiger partial charge >= 0.3 is 0 Å². The molecule has 1 N–H and O–H groups in total. The number of carbonyl (C=O) groups is 1. The maximum Gasteiger partial charge on any atom is 0.166 e. The highest BCUT2D eigenvalue weighted by molar-refractivity contribution is 6.02. The quantitative estimate of drug-likeness (QED) is 0.570. The van der Waals surface area contributed by atoms with E-state index >= 15 is 0 Å². The summed E-state index contributed by atoms with van der Waals surface area (Å²) in [5.41, 5.74) is 2.57. The molecule has 1 aromatic carbocycles. The Kier molecular flexibility index (Phi) is 5.62. The van der Waals surface area contributed by atoms with Crippen LogP contribution in [-0.2, 0) is 6.61 Å². The third-order valence-corrected chi connectivity index (χ3v) is 5.80. The molecule has 0 saturated heterocycles. The molecule has 152 valence electrons. The first-order valence-corrected chi connectivity index (χ1v) is 10.1. The molecule has 2 heterocycles. The van der Waals surface area contributed by atoms with E-state index < -0.39 is 0 Å². The molecule has 6 heteroatoms. The molecule has 1 saturated carbocycles. The van der Waals surface area contributed by atoms with Crippen LogP contribution in [0.25, 0.3) is 5.52 Å². The molecule has 1 aliphatic carbocycles. The van der Waals surface area contributed by atoms with Crippen molar-refractivity contribution in [2.24, 2.45) is 5.92 Å². The van der Waals surface area contributed by atoms with Gasteiger partial charge in [-0.1, -0.05) is 12.1 Å². The lowest BCUT2D eigenvalue weighted by atomic mass is 9.78. The van der Waals surface area contributed by atoms with Crippen LogP contribution < -0.4 is 4.74 Å². The van der Waals surface area contributed by atoms with Crippen LogP contribution in [0.4, 0.5) is 4.39 Å². The Balaban J connectivity index is 1.25. The Morgan fingerprint density at radius 1 is 1.28 bits per heavy atom. The fourth-order valence-corrected chi connectivity index (χ4v) is 3.99. The minimum atomic E-state index is -0.240. The highest BCUT2D eigenvalue weighted by Crippen LogP contribution is 2.36. The summed E-state index contributed by atoms with van der Waals surface area (Å²) in [5.74, 6) is 1.01. The van der Waals surface area contributed by atoms with Crippen LogP contribution in [0.3, 0.4) is 0 Å². The SMILES string of the molecule is Cc1c(F)cccc1OC1CC(CCCC(=O)c2cnn3c(CO)cccc23)C1. The van der Waals surface area contributed by atoms with E-state index in [4.69, 9.17) is 4.74 Å². The molecule has 4 rings (SSSR count). The summed E-state index contributed by atoms with van der Waals surface area (Å²) in [6.07, 6.45) is 5.90. The third kappa shape index (κ3) is 4.03. The van der Waals surface area contributed by atoms with Crippen molar-refractivity contribution in [2.45, 2.75) is 51.7 Å². The van der Waals surface area contributed by atoms with Crippen molar-refractivity contribution in [3.63, 3.8) is 0 Å². The molecule has 0 aliphatic heterocycles. The zero-order valence-electron chi connectivity index (χ0n) is 16.5. The molecule has 0 spiro atoms. The van der Waals surface area contributed by atoms with Crippen LogP contribution in [0.2, 0.25) is 0 Å². The van der Waals surface area contributed by atoms with E-state index in [1.807, 2.05) is 18.2 Å². The molecule has 1 fully saturated rings. The predicted octanol–water partition coefficient (Wildman–Crippen LogP) is 4.48. The number of aliphatic hydroxyl groups is 1. The molecular weight excluding hydrogens is 371 g/mol. The number of ketones is 1.